The number of rotatable bonds is 4. The summed E-state index contributed by atoms with van der Waals surface area (Å²) in [6.45, 7) is 0. The first-order chi connectivity index (χ1) is 8.04. The van der Waals surface area contributed by atoms with Gasteiger partial charge in [-0.3, -0.25) is 4.79 Å². The zero-order valence-electron chi connectivity index (χ0n) is 9.09. The van der Waals surface area contributed by atoms with Gasteiger partial charge in [-0.1, -0.05) is 24.3 Å². The molecule has 0 aliphatic heterocycles. The number of aliphatic carboxylic acids is 2. The van der Waals surface area contributed by atoms with Crippen LogP contribution in [-0.2, 0) is 15.0 Å². The van der Waals surface area contributed by atoms with Gasteiger partial charge in [0.15, 0.2) is 0 Å². The summed E-state index contributed by atoms with van der Waals surface area (Å²) >= 11 is 0. The predicted molar refractivity (Wildman–Crippen MR) is 61.7 cm³/mol. The zero-order valence-corrected chi connectivity index (χ0v) is 9.09. The lowest BCUT2D eigenvalue weighted by atomic mass is 9.95. The molecule has 4 nitrogen and oxygen atoms in total. The minimum atomic E-state index is -1.00. The summed E-state index contributed by atoms with van der Waals surface area (Å²) in [7, 11) is 0. The minimum absolute atomic E-state index is 0.673. The normalized spacial score (nSPS) is 16.9. The van der Waals surface area contributed by atoms with E-state index in [4.69, 9.17) is 10.2 Å². The van der Waals surface area contributed by atoms with Gasteiger partial charge in [0.25, 0.3) is 0 Å². The Morgan fingerprint density at radius 3 is 2.12 bits per heavy atom. The largest absolute Gasteiger partial charge is 0.481 e. The predicted octanol–water partition coefficient (Wildman–Crippen LogP) is 1.90. The van der Waals surface area contributed by atoms with Crippen molar-refractivity contribution in [2.24, 2.45) is 0 Å². The molecule has 4 heteroatoms. The van der Waals surface area contributed by atoms with E-state index in [2.05, 4.69) is 0 Å². The van der Waals surface area contributed by atoms with E-state index in [0.717, 1.165) is 17.2 Å². The monoisotopic (exact) mass is 232 g/mol. The molecule has 1 saturated carbocycles. The van der Waals surface area contributed by atoms with E-state index >= 15 is 0 Å². The second-order valence-electron chi connectivity index (χ2n) is 4.18. The molecule has 0 aromatic heterocycles. The average molecular weight is 232 g/mol. The highest BCUT2D eigenvalue weighted by Gasteiger charge is 2.51. The highest BCUT2D eigenvalue weighted by molar-refractivity contribution is 5.86. The van der Waals surface area contributed by atoms with Gasteiger partial charge in [-0.25, -0.2) is 4.79 Å². The molecule has 88 valence electrons. The average Bonchev–Trinajstić information content (AvgIpc) is 3.08. The summed E-state index contributed by atoms with van der Waals surface area (Å²) in [5, 5.41) is 17.6. The van der Waals surface area contributed by atoms with Crippen molar-refractivity contribution in [3.8, 4) is 0 Å². The van der Waals surface area contributed by atoms with Gasteiger partial charge in [-0.05, 0) is 30.0 Å². The summed E-state index contributed by atoms with van der Waals surface area (Å²) in [5.74, 6) is -1.79. The van der Waals surface area contributed by atoms with Gasteiger partial charge in [-0.2, -0.15) is 0 Å². The third-order valence-corrected chi connectivity index (χ3v) is 3.04. The van der Waals surface area contributed by atoms with Gasteiger partial charge >= 0.3 is 11.9 Å². The van der Waals surface area contributed by atoms with E-state index in [9.17, 15) is 9.59 Å². The quantitative estimate of drug-likeness (QED) is 0.777. The maximum Gasteiger partial charge on any atom is 0.328 e. The van der Waals surface area contributed by atoms with Gasteiger partial charge < -0.3 is 10.2 Å². The molecule has 17 heavy (non-hydrogen) atoms. The summed E-state index contributed by atoms with van der Waals surface area (Å²) in [6.07, 6.45) is 3.88. The molecule has 0 amide bonds. The molecule has 1 aromatic carbocycles. The highest BCUT2D eigenvalue weighted by Crippen LogP contribution is 2.48. The van der Waals surface area contributed by atoms with Crippen LogP contribution in [0.1, 0.15) is 24.0 Å². The van der Waals surface area contributed by atoms with E-state index in [-0.39, 0.29) is 0 Å². The Labute approximate surface area is 98.2 Å². The molecule has 0 heterocycles. The van der Waals surface area contributed by atoms with Crippen molar-refractivity contribution in [2.75, 3.05) is 0 Å². The zero-order chi connectivity index (χ0) is 12.5. The fourth-order valence-corrected chi connectivity index (χ4v) is 1.83. The SMILES string of the molecule is O=C(O)/C=C/c1ccc(C2(C(=O)O)CC2)cc1. The lowest BCUT2D eigenvalue weighted by molar-refractivity contribution is -0.140. The number of carboxylic acids is 2. The molecule has 2 rings (SSSR count). The fourth-order valence-electron chi connectivity index (χ4n) is 1.83. The lowest BCUT2D eigenvalue weighted by Gasteiger charge is -2.09. The number of carboxylic acid groups (broad SMARTS) is 2. The number of hydrogen-bond donors (Lipinski definition) is 2. The van der Waals surface area contributed by atoms with Crippen LogP contribution in [0, 0.1) is 0 Å². The first-order valence-electron chi connectivity index (χ1n) is 5.29. The van der Waals surface area contributed by atoms with E-state index in [0.29, 0.717) is 12.8 Å². The van der Waals surface area contributed by atoms with Crippen LogP contribution >= 0.6 is 0 Å². The summed E-state index contributed by atoms with van der Waals surface area (Å²) in [5.41, 5.74) is 0.838. The first-order valence-corrected chi connectivity index (χ1v) is 5.29. The fraction of sp³-hybridized carbons (Fsp3) is 0.231. The van der Waals surface area contributed by atoms with Gasteiger partial charge in [0.1, 0.15) is 0 Å². The van der Waals surface area contributed by atoms with Crippen molar-refractivity contribution in [2.45, 2.75) is 18.3 Å². The first kappa shape index (κ1) is 11.4. The molecule has 0 radical (unpaired) electrons. The molecule has 0 bridgehead atoms. The Hall–Kier alpha value is -2.10. The van der Waals surface area contributed by atoms with Gasteiger partial charge in [0, 0.05) is 6.08 Å². The molecular formula is C13H12O4. The highest BCUT2D eigenvalue weighted by atomic mass is 16.4. The topological polar surface area (TPSA) is 74.6 Å². The van der Waals surface area contributed by atoms with E-state index in [1.165, 1.54) is 6.08 Å². The van der Waals surface area contributed by atoms with Crippen LogP contribution in [0.2, 0.25) is 0 Å². The van der Waals surface area contributed by atoms with E-state index in [1.807, 2.05) is 0 Å². The van der Waals surface area contributed by atoms with Crippen molar-refractivity contribution in [3.05, 3.63) is 41.5 Å². The van der Waals surface area contributed by atoms with Gasteiger partial charge in [0.05, 0.1) is 5.41 Å². The van der Waals surface area contributed by atoms with Crippen molar-refractivity contribution in [1.29, 1.82) is 0 Å². The van der Waals surface area contributed by atoms with Crippen molar-refractivity contribution >= 4 is 18.0 Å². The molecule has 0 unspecified atom stereocenters. The van der Waals surface area contributed by atoms with E-state index in [1.54, 1.807) is 24.3 Å². The van der Waals surface area contributed by atoms with Crippen LogP contribution in [-0.4, -0.2) is 22.2 Å². The van der Waals surface area contributed by atoms with Crippen LogP contribution < -0.4 is 0 Å². The summed E-state index contributed by atoms with van der Waals surface area (Å²) in [6, 6.07) is 6.97. The molecule has 0 atom stereocenters. The Morgan fingerprint density at radius 1 is 1.12 bits per heavy atom. The molecular weight excluding hydrogens is 220 g/mol. The number of hydrogen-bond acceptors (Lipinski definition) is 2. The Balaban J connectivity index is 2.19. The third kappa shape index (κ3) is 2.20. The molecule has 1 aliphatic carbocycles. The maximum absolute atomic E-state index is 11.1. The lowest BCUT2D eigenvalue weighted by Crippen LogP contribution is -2.19. The van der Waals surface area contributed by atoms with Crippen molar-refractivity contribution in [1.82, 2.24) is 0 Å². The standard InChI is InChI=1S/C13H12O4/c14-11(15)6-3-9-1-4-10(5-2-9)13(7-8-13)12(16)17/h1-6H,7-8H2,(H,14,15)(H,16,17)/b6-3+. The van der Waals surface area contributed by atoms with Crippen molar-refractivity contribution in [3.63, 3.8) is 0 Å². The molecule has 0 saturated heterocycles. The van der Waals surface area contributed by atoms with Crippen LogP contribution in [0.15, 0.2) is 30.3 Å². The molecule has 2 N–H and O–H groups in total. The molecule has 1 aromatic rings. The minimum Gasteiger partial charge on any atom is -0.481 e. The Morgan fingerprint density at radius 2 is 1.71 bits per heavy atom. The second-order valence-corrected chi connectivity index (χ2v) is 4.18. The van der Waals surface area contributed by atoms with Crippen LogP contribution in [0.25, 0.3) is 6.08 Å². The van der Waals surface area contributed by atoms with Gasteiger partial charge in [0.2, 0.25) is 0 Å². The number of carbonyl (C=O) groups is 2. The van der Waals surface area contributed by atoms with E-state index < -0.39 is 17.4 Å². The van der Waals surface area contributed by atoms with Crippen LogP contribution in [0.5, 0.6) is 0 Å². The third-order valence-electron chi connectivity index (χ3n) is 3.04. The smallest absolute Gasteiger partial charge is 0.328 e. The summed E-state index contributed by atoms with van der Waals surface area (Å²) in [4.78, 5) is 21.4. The molecule has 1 fully saturated rings. The Bertz CT molecular complexity index is 481. The second kappa shape index (κ2) is 4.05. The van der Waals surface area contributed by atoms with Crippen LogP contribution in [0.4, 0.5) is 0 Å². The van der Waals surface area contributed by atoms with Gasteiger partial charge in [-0.15, -0.1) is 0 Å². The Kier molecular flexibility index (Phi) is 2.71. The van der Waals surface area contributed by atoms with Crippen molar-refractivity contribution < 1.29 is 19.8 Å². The molecule has 0 spiro atoms. The molecule has 1 aliphatic rings. The maximum atomic E-state index is 11.1. The number of benzene rings is 1. The van der Waals surface area contributed by atoms with Crippen LogP contribution in [0.3, 0.4) is 0 Å². The summed E-state index contributed by atoms with van der Waals surface area (Å²) < 4.78 is 0.